The van der Waals surface area contributed by atoms with Crippen molar-refractivity contribution in [3.8, 4) is 0 Å². The summed E-state index contributed by atoms with van der Waals surface area (Å²) in [5.74, 6) is 0.278. The molecule has 24 heavy (non-hydrogen) atoms. The Morgan fingerprint density at radius 3 is 2.42 bits per heavy atom. The molecule has 2 heterocycles. The molecule has 4 heteroatoms. The van der Waals surface area contributed by atoms with Crippen LogP contribution < -0.4 is 5.32 Å². The molecule has 0 saturated carbocycles. The maximum Gasteiger partial charge on any atom is 0.123 e. The summed E-state index contributed by atoms with van der Waals surface area (Å²) >= 11 is 0. The minimum Gasteiger partial charge on any atom is -0.317 e. The van der Waals surface area contributed by atoms with Crippen LogP contribution in [-0.4, -0.2) is 23.1 Å². The Bertz CT molecular complexity index is 690. The summed E-state index contributed by atoms with van der Waals surface area (Å²) in [4.78, 5) is 8.95. The van der Waals surface area contributed by atoms with Crippen LogP contribution >= 0.6 is 0 Å². The molecular weight excluding hydrogens is 301 g/mol. The first-order valence-corrected chi connectivity index (χ1v) is 8.85. The molecular formula is C20H26FN3. The third-order valence-electron chi connectivity index (χ3n) is 5.61. The summed E-state index contributed by atoms with van der Waals surface area (Å²) in [7, 11) is 0. The van der Waals surface area contributed by atoms with Gasteiger partial charge in [-0.05, 0) is 69.8 Å². The average Bonchev–Trinajstić information content (AvgIpc) is 2.59. The zero-order valence-electron chi connectivity index (χ0n) is 14.8. The first-order chi connectivity index (χ1) is 11.6. The van der Waals surface area contributed by atoms with Gasteiger partial charge < -0.3 is 5.32 Å². The van der Waals surface area contributed by atoms with Crippen LogP contribution in [0.4, 0.5) is 4.39 Å². The van der Waals surface area contributed by atoms with Crippen LogP contribution in [-0.2, 0) is 5.41 Å². The van der Waals surface area contributed by atoms with E-state index in [1.54, 1.807) is 12.4 Å². The zero-order chi connectivity index (χ0) is 17.2. The van der Waals surface area contributed by atoms with Crippen molar-refractivity contribution in [3.63, 3.8) is 0 Å². The van der Waals surface area contributed by atoms with E-state index in [9.17, 15) is 4.39 Å². The highest BCUT2D eigenvalue weighted by Crippen LogP contribution is 2.47. The van der Waals surface area contributed by atoms with Crippen LogP contribution in [0.2, 0.25) is 0 Å². The zero-order valence-corrected chi connectivity index (χ0v) is 14.8. The normalized spacial score (nSPS) is 18.3. The lowest BCUT2D eigenvalue weighted by Crippen LogP contribution is -2.43. The van der Waals surface area contributed by atoms with Gasteiger partial charge in [0.15, 0.2) is 0 Å². The molecule has 0 aliphatic carbocycles. The summed E-state index contributed by atoms with van der Waals surface area (Å²) in [5, 5.41) is 3.45. The van der Waals surface area contributed by atoms with Crippen molar-refractivity contribution in [2.45, 2.75) is 45.4 Å². The maximum absolute atomic E-state index is 14.1. The van der Waals surface area contributed by atoms with E-state index in [2.05, 4.69) is 42.1 Å². The molecule has 128 valence electrons. The van der Waals surface area contributed by atoms with E-state index in [0.29, 0.717) is 5.92 Å². The molecule has 2 aromatic rings. The smallest absolute Gasteiger partial charge is 0.123 e. The monoisotopic (exact) mass is 327 g/mol. The second kappa shape index (κ2) is 6.98. The fourth-order valence-electron chi connectivity index (χ4n) is 4.57. The summed E-state index contributed by atoms with van der Waals surface area (Å²) < 4.78 is 14.1. The molecule has 1 aliphatic heterocycles. The third kappa shape index (κ3) is 2.84. The van der Waals surface area contributed by atoms with Crippen molar-refractivity contribution in [3.05, 3.63) is 58.9 Å². The molecule has 1 aliphatic rings. The van der Waals surface area contributed by atoms with Crippen LogP contribution in [0.3, 0.4) is 0 Å². The lowest BCUT2D eigenvalue weighted by Gasteiger charge is -2.44. The number of nitrogens with zero attached hydrogens (tertiary/aromatic N) is 2. The van der Waals surface area contributed by atoms with Crippen molar-refractivity contribution < 1.29 is 4.39 Å². The number of piperidine rings is 1. The molecule has 3 rings (SSSR count). The van der Waals surface area contributed by atoms with Crippen LogP contribution in [0, 0.1) is 25.6 Å². The van der Waals surface area contributed by atoms with E-state index in [1.807, 2.05) is 6.07 Å². The molecule has 1 atom stereocenters. The Hall–Kier alpha value is -1.81. The van der Waals surface area contributed by atoms with Crippen LogP contribution in [0.15, 0.2) is 30.6 Å². The van der Waals surface area contributed by atoms with E-state index >= 15 is 0 Å². The summed E-state index contributed by atoms with van der Waals surface area (Å²) in [6.07, 6.45) is 4.70. The van der Waals surface area contributed by atoms with Gasteiger partial charge in [-0.1, -0.05) is 19.1 Å². The number of aryl methyl sites for hydroxylation is 2. The highest BCUT2D eigenvalue weighted by atomic mass is 19.1. The molecule has 0 radical (unpaired) electrons. The first kappa shape index (κ1) is 17.0. The number of hydrogen-bond donors (Lipinski definition) is 1. The SMILES string of the molecule is CCC(c1cccc(F)c1)(c1c(C)ncnc1C)C1CCNCC1. The first-order valence-electron chi connectivity index (χ1n) is 8.85. The second-order valence-corrected chi connectivity index (χ2v) is 6.78. The molecule has 3 nitrogen and oxygen atoms in total. The van der Waals surface area contributed by atoms with Crippen molar-refractivity contribution >= 4 is 0 Å². The number of nitrogens with one attached hydrogen (secondary N) is 1. The number of benzene rings is 1. The molecule has 1 unspecified atom stereocenters. The quantitative estimate of drug-likeness (QED) is 0.924. The minimum absolute atomic E-state index is 0.175. The van der Waals surface area contributed by atoms with Gasteiger partial charge in [-0.3, -0.25) is 0 Å². The van der Waals surface area contributed by atoms with Gasteiger partial charge in [0, 0.05) is 22.4 Å². The third-order valence-corrected chi connectivity index (χ3v) is 5.61. The van der Waals surface area contributed by atoms with Crippen LogP contribution in [0.5, 0.6) is 0 Å². The van der Waals surface area contributed by atoms with E-state index in [1.165, 1.54) is 11.6 Å². The molecule has 1 aromatic heterocycles. The van der Waals surface area contributed by atoms with E-state index in [-0.39, 0.29) is 11.2 Å². The number of hydrogen-bond acceptors (Lipinski definition) is 3. The van der Waals surface area contributed by atoms with Crippen molar-refractivity contribution in [2.75, 3.05) is 13.1 Å². The Morgan fingerprint density at radius 1 is 1.17 bits per heavy atom. The van der Waals surface area contributed by atoms with E-state index in [0.717, 1.165) is 49.3 Å². The van der Waals surface area contributed by atoms with Crippen LogP contribution in [0.25, 0.3) is 0 Å². The van der Waals surface area contributed by atoms with Gasteiger partial charge in [-0.15, -0.1) is 0 Å². The largest absolute Gasteiger partial charge is 0.317 e. The average molecular weight is 327 g/mol. The molecule has 0 bridgehead atoms. The Balaban J connectivity index is 2.26. The summed E-state index contributed by atoms with van der Waals surface area (Å²) in [5.41, 5.74) is 4.02. The molecule has 1 saturated heterocycles. The lowest BCUT2D eigenvalue weighted by atomic mass is 9.60. The second-order valence-electron chi connectivity index (χ2n) is 6.78. The van der Waals surface area contributed by atoms with E-state index in [4.69, 9.17) is 0 Å². The number of halogens is 1. The molecule has 0 amide bonds. The lowest BCUT2D eigenvalue weighted by molar-refractivity contribution is 0.238. The standard InChI is InChI=1S/C20H26FN3/c1-4-20(16-8-10-22-11-9-16,17-6-5-7-18(21)12-17)19-14(2)23-13-24-15(19)3/h5-7,12-13,16,22H,4,8-11H2,1-3H3. The Morgan fingerprint density at radius 2 is 1.83 bits per heavy atom. The van der Waals surface area contributed by atoms with E-state index < -0.39 is 0 Å². The molecule has 1 aromatic carbocycles. The fourth-order valence-corrected chi connectivity index (χ4v) is 4.57. The predicted octanol–water partition coefficient (Wildman–Crippen LogP) is 3.93. The number of aromatic nitrogens is 2. The van der Waals surface area contributed by atoms with Gasteiger partial charge in [-0.2, -0.15) is 0 Å². The summed E-state index contributed by atoms with van der Waals surface area (Å²) in [6.45, 7) is 8.32. The van der Waals surface area contributed by atoms with Gasteiger partial charge in [-0.25, -0.2) is 14.4 Å². The fraction of sp³-hybridized carbons (Fsp3) is 0.500. The van der Waals surface area contributed by atoms with Crippen LogP contribution in [0.1, 0.15) is 48.7 Å². The maximum atomic E-state index is 14.1. The molecule has 0 spiro atoms. The van der Waals surface area contributed by atoms with Gasteiger partial charge in [0.05, 0.1) is 0 Å². The minimum atomic E-state index is -0.236. The Kier molecular flexibility index (Phi) is 4.95. The predicted molar refractivity (Wildman–Crippen MR) is 94.6 cm³/mol. The highest BCUT2D eigenvalue weighted by Gasteiger charge is 2.43. The van der Waals surface area contributed by atoms with Crippen molar-refractivity contribution in [1.82, 2.24) is 15.3 Å². The van der Waals surface area contributed by atoms with Crippen molar-refractivity contribution in [2.24, 2.45) is 5.92 Å². The van der Waals surface area contributed by atoms with Crippen molar-refractivity contribution in [1.29, 1.82) is 0 Å². The molecule has 1 fully saturated rings. The van der Waals surface area contributed by atoms with Gasteiger partial charge in [0.1, 0.15) is 12.1 Å². The van der Waals surface area contributed by atoms with Gasteiger partial charge in [0.2, 0.25) is 0 Å². The Labute approximate surface area is 143 Å². The van der Waals surface area contributed by atoms with Gasteiger partial charge in [0.25, 0.3) is 0 Å². The molecule has 1 N–H and O–H groups in total. The number of rotatable bonds is 4. The topological polar surface area (TPSA) is 37.8 Å². The summed E-state index contributed by atoms with van der Waals surface area (Å²) in [6, 6.07) is 7.12. The van der Waals surface area contributed by atoms with Gasteiger partial charge >= 0.3 is 0 Å². The highest BCUT2D eigenvalue weighted by molar-refractivity contribution is 5.44.